The second-order valence-corrected chi connectivity index (χ2v) is 7.47. The maximum atomic E-state index is 10.7. The second-order valence-electron chi connectivity index (χ2n) is 7.47. The predicted molar refractivity (Wildman–Crippen MR) is 90.2 cm³/mol. The molecule has 1 aromatic rings. The Hall–Kier alpha value is -1.13. The quantitative estimate of drug-likeness (QED) is 0.662. The Morgan fingerprint density at radius 1 is 1.27 bits per heavy atom. The van der Waals surface area contributed by atoms with Crippen molar-refractivity contribution in [1.29, 1.82) is 0 Å². The molecule has 3 atom stereocenters. The van der Waals surface area contributed by atoms with E-state index in [-0.39, 0.29) is 23.0 Å². The number of rotatable bonds is 4. The van der Waals surface area contributed by atoms with Gasteiger partial charge in [0.25, 0.3) is 5.69 Å². The number of benzene rings is 1. The van der Waals surface area contributed by atoms with E-state index in [9.17, 15) is 10.1 Å². The third kappa shape index (κ3) is 2.52. The SMILES string of the molecule is CC1(C)[C@H]2CC[C@]1(C)[C@H](NCc1ccc([N+](=O)[O-])cc1)C2.Cl. The highest BCUT2D eigenvalue weighted by molar-refractivity contribution is 5.85. The van der Waals surface area contributed by atoms with Crippen LogP contribution in [0.2, 0.25) is 0 Å². The maximum absolute atomic E-state index is 10.7. The van der Waals surface area contributed by atoms with E-state index in [1.807, 2.05) is 12.1 Å². The number of halogens is 1. The molecule has 2 aliphatic carbocycles. The number of nitrogens with zero attached hydrogens (tertiary/aromatic N) is 1. The van der Waals surface area contributed by atoms with E-state index in [2.05, 4.69) is 26.1 Å². The summed E-state index contributed by atoms with van der Waals surface area (Å²) in [7, 11) is 0. The summed E-state index contributed by atoms with van der Waals surface area (Å²) in [6.07, 6.45) is 3.93. The van der Waals surface area contributed by atoms with Crippen LogP contribution in [-0.4, -0.2) is 11.0 Å². The molecular weight excluding hydrogens is 300 g/mol. The second kappa shape index (κ2) is 5.82. The van der Waals surface area contributed by atoms with E-state index < -0.39 is 0 Å². The Kier molecular flexibility index (Phi) is 4.56. The number of non-ortho nitro benzene ring substituents is 1. The van der Waals surface area contributed by atoms with E-state index >= 15 is 0 Å². The van der Waals surface area contributed by atoms with Crippen molar-refractivity contribution >= 4 is 18.1 Å². The first-order valence-corrected chi connectivity index (χ1v) is 7.81. The molecule has 2 saturated carbocycles. The lowest BCUT2D eigenvalue weighted by atomic mass is 9.69. The Balaban J connectivity index is 0.00000176. The Morgan fingerprint density at radius 3 is 2.36 bits per heavy atom. The molecule has 4 nitrogen and oxygen atoms in total. The van der Waals surface area contributed by atoms with Crippen molar-refractivity contribution in [2.75, 3.05) is 0 Å². The standard InChI is InChI=1S/C17H24N2O2.ClH/c1-16(2)13-8-9-17(16,3)15(10-13)18-11-12-4-6-14(7-5-12)19(20)21;/h4-7,13,15,18H,8-11H2,1-3H3;1H/t13-,15+,17+;/m0./s1. The van der Waals surface area contributed by atoms with Gasteiger partial charge in [0.05, 0.1) is 4.92 Å². The normalized spacial score (nSPS) is 31.8. The Labute approximate surface area is 138 Å². The van der Waals surface area contributed by atoms with Crippen molar-refractivity contribution in [2.45, 2.75) is 52.6 Å². The molecule has 0 saturated heterocycles. The molecular formula is C17H25ClN2O2. The van der Waals surface area contributed by atoms with Crippen LogP contribution in [0.15, 0.2) is 24.3 Å². The molecule has 0 unspecified atom stereocenters. The molecule has 1 N–H and O–H groups in total. The molecule has 122 valence electrons. The van der Waals surface area contributed by atoms with Gasteiger partial charge < -0.3 is 5.32 Å². The van der Waals surface area contributed by atoms with Crippen molar-refractivity contribution in [3.63, 3.8) is 0 Å². The maximum Gasteiger partial charge on any atom is 0.269 e. The van der Waals surface area contributed by atoms with Gasteiger partial charge in [-0.2, -0.15) is 0 Å². The van der Waals surface area contributed by atoms with Crippen LogP contribution >= 0.6 is 12.4 Å². The third-order valence-corrected chi connectivity index (χ3v) is 6.49. The van der Waals surface area contributed by atoms with Crippen molar-refractivity contribution in [3.05, 3.63) is 39.9 Å². The average molecular weight is 325 g/mol. The molecule has 0 aliphatic heterocycles. The van der Waals surface area contributed by atoms with Crippen molar-refractivity contribution in [2.24, 2.45) is 16.7 Å². The van der Waals surface area contributed by atoms with Crippen LogP contribution < -0.4 is 5.32 Å². The fourth-order valence-corrected chi connectivity index (χ4v) is 4.49. The number of hydrogen-bond donors (Lipinski definition) is 1. The van der Waals surface area contributed by atoms with Crippen LogP contribution in [-0.2, 0) is 6.54 Å². The summed E-state index contributed by atoms with van der Waals surface area (Å²) in [6.45, 7) is 8.05. The summed E-state index contributed by atoms with van der Waals surface area (Å²) in [4.78, 5) is 10.3. The first-order valence-electron chi connectivity index (χ1n) is 7.81. The van der Waals surface area contributed by atoms with Crippen LogP contribution in [0.1, 0.15) is 45.6 Å². The van der Waals surface area contributed by atoms with Crippen LogP contribution in [0.5, 0.6) is 0 Å². The fraction of sp³-hybridized carbons (Fsp3) is 0.647. The lowest BCUT2D eigenvalue weighted by molar-refractivity contribution is -0.384. The number of nitro benzene ring substituents is 1. The minimum absolute atomic E-state index is 0. The van der Waals surface area contributed by atoms with E-state index in [1.165, 1.54) is 19.3 Å². The monoisotopic (exact) mass is 324 g/mol. The van der Waals surface area contributed by atoms with Gasteiger partial charge in [-0.3, -0.25) is 10.1 Å². The van der Waals surface area contributed by atoms with Crippen LogP contribution in [0.3, 0.4) is 0 Å². The number of hydrogen-bond acceptors (Lipinski definition) is 3. The first-order chi connectivity index (χ1) is 9.84. The summed E-state index contributed by atoms with van der Waals surface area (Å²) in [5, 5.41) is 14.4. The lowest BCUT2D eigenvalue weighted by Gasteiger charge is -2.39. The molecule has 2 fully saturated rings. The summed E-state index contributed by atoms with van der Waals surface area (Å²) in [5.74, 6) is 0.830. The van der Waals surface area contributed by atoms with E-state index in [1.54, 1.807) is 12.1 Å². The summed E-state index contributed by atoms with van der Waals surface area (Å²) < 4.78 is 0. The zero-order valence-electron chi connectivity index (χ0n) is 13.5. The zero-order valence-corrected chi connectivity index (χ0v) is 14.3. The topological polar surface area (TPSA) is 55.2 Å². The van der Waals surface area contributed by atoms with Crippen molar-refractivity contribution in [1.82, 2.24) is 5.32 Å². The highest BCUT2D eigenvalue weighted by atomic mass is 35.5. The van der Waals surface area contributed by atoms with E-state index in [0.29, 0.717) is 16.9 Å². The predicted octanol–water partition coefficient (Wildman–Crippen LogP) is 4.32. The van der Waals surface area contributed by atoms with Gasteiger partial charge in [0.1, 0.15) is 0 Å². The van der Waals surface area contributed by atoms with E-state index in [0.717, 1.165) is 18.0 Å². The van der Waals surface area contributed by atoms with Crippen LogP contribution in [0.4, 0.5) is 5.69 Å². The Bertz CT molecular complexity index is 558. The molecule has 0 spiro atoms. The molecule has 0 radical (unpaired) electrons. The van der Waals surface area contributed by atoms with Gasteiger partial charge in [-0.1, -0.05) is 32.9 Å². The van der Waals surface area contributed by atoms with Crippen molar-refractivity contribution < 1.29 is 4.92 Å². The summed E-state index contributed by atoms with van der Waals surface area (Å²) in [6, 6.07) is 7.44. The molecule has 22 heavy (non-hydrogen) atoms. The minimum Gasteiger partial charge on any atom is -0.309 e. The fourth-order valence-electron chi connectivity index (χ4n) is 4.49. The van der Waals surface area contributed by atoms with E-state index in [4.69, 9.17) is 0 Å². The van der Waals surface area contributed by atoms with Gasteiger partial charge in [0, 0.05) is 24.7 Å². The zero-order chi connectivity index (χ0) is 15.3. The highest BCUT2D eigenvalue weighted by Crippen LogP contribution is 2.65. The molecule has 2 aliphatic rings. The summed E-state index contributed by atoms with van der Waals surface area (Å²) in [5.41, 5.74) is 2.06. The smallest absolute Gasteiger partial charge is 0.269 e. The molecule has 1 aromatic carbocycles. The third-order valence-electron chi connectivity index (χ3n) is 6.49. The van der Waals surface area contributed by atoms with Gasteiger partial charge in [-0.05, 0) is 41.6 Å². The average Bonchev–Trinajstić information content (AvgIpc) is 2.78. The highest BCUT2D eigenvalue weighted by Gasteiger charge is 2.60. The molecule has 5 heteroatoms. The van der Waals surface area contributed by atoms with Crippen LogP contribution in [0, 0.1) is 26.9 Å². The largest absolute Gasteiger partial charge is 0.309 e. The molecule has 3 rings (SSSR count). The molecule has 0 aromatic heterocycles. The molecule has 0 heterocycles. The Morgan fingerprint density at radius 2 is 1.91 bits per heavy atom. The van der Waals surface area contributed by atoms with Gasteiger partial charge in [-0.15, -0.1) is 12.4 Å². The van der Waals surface area contributed by atoms with Crippen molar-refractivity contribution in [3.8, 4) is 0 Å². The van der Waals surface area contributed by atoms with Crippen LogP contribution in [0.25, 0.3) is 0 Å². The van der Waals surface area contributed by atoms with Gasteiger partial charge in [-0.25, -0.2) is 0 Å². The van der Waals surface area contributed by atoms with Gasteiger partial charge in [0.2, 0.25) is 0 Å². The number of nitrogens with one attached hydrogen (secondary N) is 1. The molecule has 0 amide bonds. The minimum atomic E-state index is -0.351. The van der Waals surface area contributed by atoms with Gasteiger partial charge >= 0.3 is 0 Å². The number of nitro groups is 1. The van der Waals surface area contributed by atoms with Gasteiger partial charge in [0.15, 0.2) is 0 Å². The summed E-state index contributed by atoms with van der Waals surface area (Å²) >= 11 is 0. The number of fused-ring (bicyclic) bond motifs is 2. The lowest BCUT2D eigenvalue weighted by Crippen LogP contribution is -2.44. The molecule has 2 bridgehead atoms. The first kappa shape index (κ1) is 17.2.